The van der Waals surface area contributed by atoms with Crippen molar-refractivity contribution in [3.05, 3.63) is 29.8 Å². The number of morpholine rings is 1. The van der Waals surface area contributed by atoms with Gasteiger partial charge in [-0.1, -0.05) is 12.1 Å². The molecule has 0 bridgehead atoms. The van der Waals surface area contributed by atoms with Crippen LogP contribution in [0.1, 0.15) is 12.5 Å². The van der Waals surface area contributed by atoms with Crippen molar-refractivity contribution in [2.45, 2.75) is 13.5 Å². The molecule has 0 aliphatic carbocycles. The third-order valence-electron chi connectivity index (χ3n) is 4.60. The molecule has 2 heterocycles. The Bertz CT molecular complexity index is 685. The van der Waals surface area contributed by atoms with Gasteiger partial charge in [-0.15, -0.1) is 0 Å². The van der Waals surface area contributed by atoms with Crippen LogP contribution in [0.15, 0.2) is 24.3 Å². The first-order chi connectivity index (χ1) is 12.5. The van der Waals surface area contributed by atoms with Crippen LogP contribution in [0.5, 0.6) is 0 Å². The van der Waals surface area contributed by atoms with Crippen LogP contribution in [0.3, 0.4) is 0 Å². The van der Waals surface area contributed by atoms with E-state index < -0.39 is 17.8 Å². The third-order valence-corrected chi connectivity index (χ3v) is 4.60. The maximum atomic E-state index is 12.1. The predicted molar refractivity (Wildman–Crippen MR) is 95.4 cm³/mol. The summed E-state index contributed by atoms with van der Waals surface area (Å²) in [6, 6.07) is 7.68. The molecule has 2 aliphatic heterocycles. The monoisotopic (exact) mass is 360 g/mol. The first-order valence-corrected chi connectivity index (χ1v) is 8.78. The Balaban J connectivity index is 1.58. The Labute approximate surface area is 152 Å². The van der Waals surface area contributed by atoms with Gasteiger partial charge in [0.2, 0.25) is 0 Å². The lowest BCUT2D eigenvalue weighted by Gasteiger charge is -2.29. The summed E-state index contributed by atoms with van der Waals surface area (Å²) >= 11 is 0. The molecule has 0 atom stereocenters. The number of ether oxygens (including phenoxy) is 1. The van der Waals surface area contributed by atoms with Crippen molar-refractivity contribution in [3.8, 4) is 0 Å². The van der Waals surface area contributed by atoms with E-state index in [0.29, 0.717) is 6.54 Å². The summed E-state index contributed by atoms with van der Waals surface area (Å²) in [5.74, 6) is -1.51. The number of carbonyl (C=O) groups is 3. The molecule has 3 rings (SSSR count). The number of anilines is 1. The normalized spacial score (nSPS) is 18.4. The van der Waals surface area contributed by atoms with E-state index in [9.17, 15) is 14.4 Å². The number of nitrogens with zero attached hydrogens (tertiary/aromatic N) is 4. The van der Waals surface area contributed by atoms with E-state index >= 15 is 0 Å². The van der Waals surface area contributed by atoms with Gasteiger partial charge in [0.05, 0.1) is 19.9 Å². The van der Waals surface area contributed by atoms with Gasteiger partial charge in [-0.05, 0) is 31.7 Å². The van der Waals surface area contributed by atoms with E-state index in [-0.39, 0.29) is 13.2 Å². The van der Waals surface area contributed by atoms with E-state index in [1.54, 1.807) is 6.92 Å². The van der Waals surface area contributed by atoms with Crippen LogP contribution in [-0.4, -0.2) is 79.1 Å². The van der Waals surface area contributed by atoms with E-state index in [1.807, 2.05) is 24.1 Å². The molecule has 1 aromatic rings. The van der Waals surface area contributed by atoms with Gasteiger partial charge < -0.3 is 9.64 Å². The maximum Gasteiger partial charge on any atom is 0.335 e. The zero-order chi connectivity index (χ0) is 18.7. The van der Waals surface area contributed by atoms with Crippen molar-refractivity contribution < 1.29 is 19.1 Å². The molecule has 0 saturated carbocycles. The van der Waals surface area contributed by atoms with Crippen molar-refractivity contribution in [3.63, 3.8) is 0 Å². The van der Waals surface area contributed by atoms with E-state index in [0.717, 1.165) is 47.4 Å². The molecule has 0 N–H and O–H groups in total. The molecule has 2 saturated heterocycles. The summed E-state index contributed by atoms with van der Waals surface area (Å²) in [5.41, 5.74) is 2.23. The minimum Gasteiger partial charge on any atom is -0.378 e. The van der Waals surface area contributed by atoms with Crippen LogP contribution in [-0.2, 0) is 20.9 Å². The Hall–Kier alpha value is -2.45. The molecule has 140 valence electrons. The molecule has 0 spiro atoms. The highest BCUT2D eigenvalue weighted by Gasteiger charge is 2.43. The summed E-state index contributed by atoms with van der Waals surface area (Å²) < 4.78 is 5.37. The average molecular weight is 360 g/mol. The fraction of sp³-hybridized carbons (Fsp3) is 0.500. The number of likely N-dealkylation sites (N-methyl/N-ethyl adjacent to an activating group) is 1. The van der Waals surface area contributed by atoms with Gasteiger partial charge in [0.1, 0.15) is 0 Å². The van der Waals surface area contributed by atoms with Crippen molar-refractivity contribution in [2.75, 3.05) is 51.5 Å². The van der Waals surface area contributed by atoms with Gasteiger partial charge in [-0.25, -0.2) is 9.69 Å². The van der Waals surface area contributed by atoms with Crippen LogP contribution in [0.4, 0.5) is 10.5 Å². The second-order valence-corrected chi connectivity index (χ2v) is 6.49. The van der Waals surface area contributed by atoms with Gasteiger partial charge in [0.15, 0.2) is 0 Å². The summed E-state index contributed by atoms with van der Waals surface area (Å²) in [4.78, 5) is 41.9. The fourth-order valence-electron chi connectivity index (χ4n) is 3.19. The van der Waals surface area contributed by atoms with Gasteiger partial charge in [0.25, 0.3) is 0 Å². The van der Waals surface area contributed by atoms with Crippen LogP contribution in [0.2, 0.25) is 0 Å². The Kier molecular flexibility index (Phi) is 5.53. The average Bonchev–Trinajstić information content (AvgIpc) is 2.86. The lowest BCUT2D eigenvalue weighted by molar-refractivity contribution is -0.143. The van der Waals surface area contributed by atoms with Gasteiger partial charge in [0, 0.05) is 31.9 Å². The zero-order valence-electron chi connectivity index (χ0n) is 15.2. The highest BCUT2D eigenvalue weighted by molar-refractivity contribution is 6.44. The van der Waals surface area contributed by atoms with E-state index in [2.05, 4.69) is 17.0 Å². The molecular formula is C18H24N4O4. The standard InChI is InChI=1S/C18H24N4O4/c1-3-21-16(23)17(24)22(18(21)25)13-19(2)12-14-4-6-15(7-5-14)20-8-10-26-11-9-20/h4-7H,3,8-13H2,1-2H3. The van der Waals surface area contributed by atoms with Gasteiger partial charge in [-0.3, -0.25) is 19.4 Å². The zero-order valence-corrected chi connectivity index (χ0v) is 15.2. The predicted octanol–water partition coefficient (Wildman–Crippen LogP) is 0.723. The SMILES string of the molecule is CCN1C(=O)C(=O)N(CN(C)Cc2ccc(N3CCOCC3)cc2)C1=O. The van der Waals surface area contributed by atoms with E-state index in [1.165, 1.54) is 0 Å². The third kappa shape index (κ3) is 3.71. The molecule has 8 heteroatoms. The van der Waals surface area contributed by atoms with Crippen LogP contribution in [0, 0.1) is 0 Å². The number of rotatable bonds is 6. The number of benzene rings is 1. The molecule has 2 aliphatic rings. The number of amides is 4. The lowest BCUT2D eigenvalue weighted by atomic mass is 10.2. The highest BCUT2D eigenvalue weighted by Crippen LogP contribution is 2.18. The second kappa shape index (κ2) is 7.84. The summed E-state index contributed by atoms with van der Waals surface area (Å²) in [7, 11) is 1.82. The molecule has 8 nitrogen and oxygen atoms in total. The smallest absolute Gasteiger partial charge is 0.335 e. The molecule has 0 unspecified atom stereocenters. The molecule has 4 amide bonds. The van der Waals surface area contributed by atoms with Crippen LogP contribution in [0.25, 0.3) is 0 Å². The molecule has 1 aromatic carbocycles. The number of hydrogen-bond donors (Lipinski definition) is 0. The topological polar surface area (TPSA) is 73.4 Å². The van der Waals surface area contributed by atoms with Crippen molar-refractivity contribution in [2.24, 2.45) is 0 Å². The quantitative estimate of drug-likeness (QED) is 0.550. The number of carbonyl (C=O) groups excluding carboxylic acids is 3. The second-order valence-electron chi connectivity index (χ2n) is 6.49. The molecule has 0 aromatic heterocycles. The Morgan fingerprint density at radius 1 is 1.00 bits per heavy atom. The van der Waals surface area contributed by atoms with Gasteiger partial charge in [-0.2, -0.15) is 0 Å². The first-order valence-electron chi connectivity index (χ1n) is 8.78. The van der Waals surface area contributed by atoms with Crippen molar-refractivity contribution in [1.82, 2.24) is 14.7 Å². The summed E-state index contributed by atoms with van der Waals surface area (Å²) in [6.45, 7) is 5.80. The van der Waals surface area contributed by atoms with E-state index in [4.69, 9.17) is 4.74 Å². The summed E-state index contributed by atoms with van der Waals surface area (Å²) in [5, 5.41) is 0. The number of hydrogen-bond acceptors (Lipinski definition) is 6. The molecule has 0 radical (unpaired) electrons. The number of urea groups is 1. The van der Waals surface area contributed by atoms with Crippen molar-refractivity contribution in [1.29, 1.82) is 0 Å². The molecule has 26 heavy (non-hydrogen) atoms. The first kappa shape index (κ1) is 18.3. The minimum atomic E-state index is -0.758. The van der Waals surface area contributed by atoms with Gasteiger partial charge >= 0.3 is 17.8 Å². The van der Waals surface area contributed by atoms with Crippen LogP contribution >= 0.6 is 0 Å². The molecule has 2 fully saturated rings. The van der Waals surface area contributed by atoms with Crippen molar-refractivity contribution >= 4 is 23.5 Å². The fourth-order valence-corrected chi connectivity index (χ4v) is 3.19. The Morgan fingerprint density at radius 3 is 2.19 bits per heavy atom. The summed E-state index contributed by atoms with van der Waals surface area (Å²) in [6.07, 6.45) is 0. The number of imide groups is 2. The maximum absolute atomic E-state index is 12.1. The highest BCUT2D eigenvalue weighted by atomic mass is 16.5. The molecular weight excluding hydrogens is 336 g/mol. The minimum absolute atomic E-state index is 0.0884. The Morgan fingerprint density at radius 2 is 1.62 bits per heavy atom. The van der Waals surface area contributed by atoms with Crippen LogP contribution < -0.4 is 4.90 Å². The lowest BCUT2D eigenvalue weighted by Crippen LogP contribution is -2.40. The largest absolute Gasteiger partial charge is 0.378 e.